The molecule has 0 amide bonds. The zero-order chi connectivity index (χ0) is 13.3. The molecule has 0 bridgehead atoms. The average molecular weight is 246 g/mol. The van der Waals surface area contributed by atoms with E-state index in [4.69, 9.17) is 5.11 Å². The smallest absolute Gasteiger partial charge is 0.308 e. The second-order valence-electron chi connectivity index (χ2n) is 4.32. The molecule has 0 unspecified atom stereocenters. The Morgan fingerprint density at radius 1 is 1.28 bits per heavy atom. The number of rotatable bonds is 3. The van der Waals surface area contributed by atoms with Gasteiger partial charge < -0.3 is 5.11 Å². The lowest BCUT2D eigenvalue weighted by Crippen LogP contribution is -2.11. The quantitative estimate of drug-likeness (QED) is 0.769. The third-order valence-corrected chi connectivity index (χ3v) is 2.87. The van der Waals surface area contributed by atoms with Gasteiger partial charge in [-0.25, -0.2) is 0 Å². The van der Waals surface area contributed by atoms with E-state index in [9.17, 15) is 9.59 Å². The molecule has 0 aliphatic rings. The first-order chi connectivity index (χ1) is 8.49. The van der Waals surface area contributed by atoms with Gasteiger partial charge in [0.1, 0.15) is 0 Å². The Kier molecular flexibility index (Phi) is 3.06. The maximum atomic E-state index is 11.6. The Hall–Kier alpha value is -2.30. The Labute approximate surface area is 103 Å². The van der Waals surface area contributed by atoms with Crippen molar-refractivity contribution in [3.05, 3.63) is 45.2 Å². The van der Waals surface area contributed by atoms with Crippen molar-refractivity contribution < 1.29 is 9.90 Å². The van der Waals surface area contributed by atoms with Crippen LogP contribution in [0, 0.1) is 13.8 Å². The fourth-order valence-electron chi connectivity index (χ4n) is 1.94. The lowest BCUT2D eigenvalue weighted by Gasteiger charge is -2.06. The number of carbonyl (C=O) groups is 1. The van der Waals surface area contributed by atoms with Gasteiger partial charge in [0.25, 0.3) is 5.56 Å². The van der Waals surface area contributed by atoms with Crippen LogP contribution in [0.5, 0.6) is 0 Å². The van der Waals surface area contributed by atoms with Crippen LogP contribution in [-0.2, 0) is 11.2 Å². The summed E-state index contributed by atoms with van der Waals surface area (Å²) in [6, 6.07) is 5.85. The highest BCUT2D eigenvalue weighted by atomic mass is 16.4. The highest BCUT2D eigenvalue weighted by molar-refractivity contribution is 5.75. The maximum absolute atomic E-state index is 11.6. The molecule has 0 radical (unpaired) electrons. The van der Waals surface area contributed by atoms with E-state index < -0.39 is 5.97 Å². The number of carboxylic acid groups (broad SMARTS) is 1. The molecule has 0 saturated carbocycles. The van der Waals surface area contributed by atoms with Crippen LogP contribution in [0.4, 0.5) is 0 Å². The van der Waals surface area contributed by atoms with Crippen molar-refractivity contribution in [3.63, 3.8) is 0 Å². The zero-order valence-electron chi connectivity index (χ0n) is 10.2. The average Bonchev–Trinajstić information content (AvgIpc) is 2.64. The standard InChI is InChI=1S/C13H14N2O3/c1-7-3-4-8(2)9(5-7)12-10(6-11(16)17)13(18)15-14-12/h3-5H,6H2,1-2H3,(H,16,17)(H2,14,15,18). The van der Waals surface area contributed by atoms with Crippen molar-refractivity contribution in [3.8, 4) is 11.3 Å². The van der Waals surface area contributed by atoms with Crippen molar-refractivity contribution in [2.75, 3.05) is 0 Å². The number of hydrogen-bond donors (Lipinski definition) is 3. The summed E-state index contributed by atoms with van der Waals surface area (Å²) in [6.45, 7) is 3.87. The van der Waals surface area contributed by atoms with Gasteiger partial charge in [0.05, 0.1) is 17.7 Å². The van der Waals surface area contributed by atoms with Crippen LogP contribution in [0.1, 0.15) is 16.7 Å². The summed E-state index contributed by atoms with van der Waals surface area (Å²) in [6.07, 6.45) is -0.290. The van der Waals surface area contributed by atoms with Crippen LogP contribution < -0.4 is 5.56 Å². The summed E-state index contributed by atoms with van der Waals surface area (Å²) < 4.78 is 0. The van der Waals surface area contributed by atoms with Crippen molar-refractivity contribution in [2.24, 2.45) is 0 Å². The van der Waals surface area contributed by atoms with Gasteiger partial charge in [-0.15, -0.1) is 0 Å². The van der Waals surface area contributed by atoms with Crippen molar-refractivity contribution >= 4 is 5.97 Å². The minimum atomic E-state index is -1.02. The molecule has 0 atom stereocenters. The molecule has 0 saturated heterocycles. The lowest BCUT2D eigenvalue weighted by atomic mass is 9.99. The highest BCUT2D eigenvalue weighted by Crippen LogP contribution is 2.24. The van der Waals surface area contributed by atoms with E-state index in [-0.39, 0.29) is 17.5 Å². The van der Waals surface area contributed by atoms with Crippen molar-refractivity contribution in [1.29, 1.82) is 0 Å². The summed E-state index contributed by atoms with van der Waals surface area (Å²) in [7, 11) is 0. The number of aryl methyl sites for hydroxylation is 2. The van der Waals surface area contributed by atoms with Gasteiger partial charge in [0.2, 0.25) is 0 Å². The van der Waals surface area contributed by atoms with E-state index in [1.54, 1.807) is 0 Å². The molecule has 0 aliphatic carbocycles. The number of aromatic amines is 2. The van der Waals surface area contributed by atoms with E-state index >= 15 is 0 Å². The van der Waals surface area contributed by atoms with Gasteiger partial charge in [-0.1, -0.05) is 17.7 Å². The molecule has 2 rings (SSSR count). The first-order valence-electron chi connectivity index (χ1n) is 5.58. The fraction of sp³-hybridized carbons (Fsp3) is 0.231. The molecule has 1 heterocycles. The largest absolute Gasteiger partial charge is 0.481 e. The minimum Gasteiger partial charge on any atom is -0.481 e. The Balaban J connectivity index is 2.60. The summed E-state index contributed by atoms with van der Waals surface area (Å²) in [5.41, 5.74) is 3.33. The first kappa shape index (κ1) is 12.2. The van der Waals surface area contributed by atoms with E-state index in [1.807, 2.05) is 32.0 Å². The molecule has 5 heteroatoms. The number of aliphatic carboxylic acids is 1. The highest BCUT2D eigenvalue weighted by Gasteiger charge is 2.16. The molecular formula is C13H14N2O3. The second kappa shape index (κ2) is 4.52. The minimum absolute atomic E-state index is 0.260. The van der Waals surface area contributed by atoms with Crippen molar-refractivity contribution in [2.45, 2.75) is 20.3 Å². The van der Waals surface area contributed by atoms with Crippen molar-refractivity contribution in [1.82, 2.24) is 10.2 Å². The SMILES string of the molecule is Cc1ccc(C)c(-c2[nH][nH]c(=O)c2CC(=O)O)c1. The first-order valence-corrected chi connectivity index (χ1v) is 5.58. The maximum Gasteiger partial charge on any atom is 0.308 e. The van der Waals surface area contributed by atoms with Crippen LogP contribution in [0.15, 0.2) is 23.0 Å². The molecule has 1 aromatic heterocycles. The Morgan fingerprint density at radius 3 is 2.67 bits per heavy atom. The van der Waals surface area contributed by atoms with Crippen LogP contribution >= 0.6 is 0 Å². The van der Waals surface area contributed by atoms with E-state index in [1.165, 1.54) is 0 Å². The van der Waals surface area contributed by atoms with Gasteiger partial charge in [-0.05, 0) is 25.5 Å². The molecular weight excluding hydrogens is 232 g/mol. The molecule has 0 fully saturated rings. The molecule has 3 N–H and O–H groups in total. The van der Waals surface area contributed by atoms with Gasteiger partial charge in [-0.2, -0.15) is 0 Å². The number of H-pyrrole nitrogens is 2. The Morgan fingerprint density at radius 2 is 2.00 bits per heavy atom. The predicted octanol–water partition coefficient (Wildman–Crippen LogP) is 1.61. The van der Waals surface area contributed by atoms with Gasteiger partial charge >= 0.3 is 5.97 Å². The summed E-state index contributed by atoms with van der Waals surface area (Å²) in [5, 5.41) is 14.0. The summed E-state index contributed by atoms with van der Waals surface area (Å²) in [5.74, 6) is -1.02. The second-order valence-corrected chi connectivity index (χ2v) is 4.32. The topological polar surface area (TPSA) is 86.0 Å². The number of hydrogen-bond acceptors (Lipinski definition) is 2. The molecule has 1 aromatic carbocycles. The number of carboxylic acids is 1. The third-order valence-electron chi connectivity index (χ3n) is 2.87. The molecule has 5 nitrogen and oxygen atoms in total. The van der Waals surface area contributed by atoms with Crippen LogP contribution in [-0.4, -0.2) is 21.3 Å². The molecule has 2 aromatic rings. The van der Waals surface area contributed by atoms with Gasteiger partial charge in [0, 0.05) is 5.56 Å². The van der Waals surface area contributed by atoms with Crippen LogP contribution in [0.25, 0.3) is 11.3 Å². The van der Waals surface area contributed by atoms with E-state index in [2.05, 4.69) is 10.2 Å². The monoisotopic (exact) mass is 246 g/mol. The van der Waals surface area contributed by atoms with Crippen LogP contribution in [0.2, 0.25) is 0 Å². The number of nitrogens with one attached hydrogen (secondary N) is 2. The molecule has 0 aliphatic heterocycles. The zero-order valence-corrected chi connectivity index (χ0v) is 10.2. The number of aromatic nitrogens is 2. The van der Waals surface area contributed by atoms with Crippen LogP contribution in [0.3, 0.4) is 0 Å². The fourth-order valence-corrected chi connectivity index (χ4v) is 1.94. The van der Waals surface area contributed by atoms with E-state index in [0.29, 0.717) is 5.69 Å². The molecule has 94 valence electrons. The lowest BCUT2D eigenvalue weighted by molar-refractivity contribution is -0.136. The predicted molar refractivity (Wildman–Crippen MR) is 67.7 cm³/mol. The summed E-state index contributed by atoms with van der Waals surface area (Å²) >= 11 is 0. The number of benzene rings is 1. The normalized spacial score (nSPS) is 10.6. The van der Waals surface area contributed by atoms with Gasteiger partial charge in [0.15, 0.2) is 0 Å². The van der Waals surface area contributed by atoms with Gasteiger partial charge in [-0.3, -0.25) is 19.8 Å². The Bertz CT molecular complexity index is 652. The van der Waals surface area contributed by atoms with E-state index in [0.717, 1.165) is 16.7 Å². The summed E-state index contributed by atoms with van der Waals surface area (Å²) in [4.78, 5) is 22.4. The third kappa shape index (κ3) is 2.20. The molecule has 0 spiro atoms. The molecule has 18 heavy (non-hydrogen) atoms.